The van der Waals surface area contributed by atoms with Crippen LogP contribution in [0.3, 0.4) is 0 Å². The fourth-order valence-electron chi connectivity index (χ4n) is 2.58. The maximum atomic E-state index is 13.4. The molecule has 0 bridgehead atoms. The predicted octanol–water partition coefficient (Wildman–Crippen LogP) is 4.45. The molecule has 2 rings (SSSR count). The minimum atomic E-state index is -4.73. The van der Waals surface area contributed by atoms with E-state index in [-0.39, 0.29) is 23.0 Å². The van der Waals surface area contributed by atoms with Gasteiger partial charge in [-0.25, -0.2) is 0 Å². The summed E-state index contributed by atoms with van der Waals surface area (Å²) in [7, 11) is -1.64. The Bertz CT molecular complexity index is 893. The average molecular weight is 415 g/mol. The number of fused-ring (bicyclic) bond motifs is 1. The van der Waals surface area contributed by atoms with Crippen molar-refractivity contribution in [1.82, 2.24) is 0 Å². The van der Waals surface area contributed by atoms with Gasteiger partial charge in [-0.1, -0.05) is 37.2 Å². The molecule has 0 amide bonds. The van der Waals surface area contributed by atoms with Crippen LogP contribution < -0.4 is 5.32 Å². The maximum absolute atomic E-state index is 13.4. The molecule has 0 aromatic heterocycles. The molecule has 1 unspecified atom stereocenters. The van der Waals surface area contributed by atoms with Crippen LogP contribution in [-0.4, -0.2) is 32.0 Å². The summed E-state index contributed by atoms with van der Waals surface area (Å²) in [5, 5.41) is 2.30. The third-order valence-electron chi connectivity index (χ3n) is 3.66. The van der Waals surface area contributed by atoms with Crippen molar-refractivity contribution in [2.24, 2.45) is 10.9 Å². The second-order valence-corrected chi connectivity index (χ2v) is 12.3. The van der Waals surface area contributed by atoms with E-state index in [9.17, 15) is 22.8 Å². The number of hydrogen-bond acceptors (Lipinski definition) is 3. The number of rotatable bonds is 2. The fraction of sp³-hybridized carbons (Fsp3) is 0.389. The summed E-state index contributed by atoms with van der Waals surface area (Å²) >= 11 is 5.75. The molecule has 144 valence electrons. The highest BCUT2D eigenvalue weighted by Gasteiger charge is 2.42. The topological polar surface area (TPSA) is 58.5 Å². The number of benzene rings is 1. The number of ketones is 2. The molecule has 1 aliphatic rings. The Morgan fingerprint density at radius 1 is 1.33 bits per heavy atom. The molecule has 27 heavy (non-hydrogen) atoms. The monoisotopic (exact) mass is 414 g/mol. The van der Waals surface area contributed by atoms with E-state index < -0.39 is 43.0 Å². The number of carbonyl (C=O) groups is 2. The summed E-state index contributed by atoms with van der Waals surface area (Å²) in [5.41, 5.74) is 1.27. The van der Waals surface area contributed by atoms with Gasteiger partial charge in [0.1, 0.15) is 32.2 Å². The second-order valence-electron chi connectivity index (χ2n) is 7.16. The average Bonchev–Trinajstić information content (AvgIpc) is 2.49. The van der Waals surface area contributed by atoms with Crippen molar-refractivity contribution in [3.05, 3.63) is 28.3 Å². The van der Waals surface area contributed by atoms with E-state index in [0.717, 1.165) is 12.1 Å². The summed E-state index contributed by atoms with van der Waals surface area (Å²) in [6.45, 7) is 7.26. The fourth-order valence-corrected chi connectivity index (χ4v) is 3.40. The van der Waals surface area contributed by atoms with E-state index in [4.69, 9.17) is 11.6 Å². The smallest absolute Gasteiger partial charge is 0.342 e. The van der Waals surface area contributed by atoms with E-state index >= 15 is 0 Å². The summed E-state index contributed by atoms with van der Waals surface area (Å²) in [6, 6.07) is 1.86. The summed E-state index contributed by atoms with van der Waals surface area (Å²) < 4.78 is 40.1. The van der Waals surface area contributed by atoms with Crippen LogP contribution in [0.15, 0.2) is 17.1 Å². The van der Waals surface area contributed by atoms with Crippen molar-refractivity contribution in [2.75, 3.05) is 11.9 Å². The molecule has 1 aromatic rings. The number of amidine groups is 1. The van der Waals surface area contributed by atoms with Gasteiger partial charge in [0, 0.05) is 10.6 Å². The standard InChI is InChI=1S/C18H18ClF3N2O2Si/c1-10(25)14-16(26)12-8-11(19)9-13(18(20,21)22)15(12)24-17(14)23-6-5-7-27(2,3)4/h8-9,14H,6H2,1-4H3,(H,23,24). The SMILES string of the molecule is CC(=O)C1C(=O)c2cc(Cl)cc(C(F)(F)F)c2NC1=NCC#C[Si](C)(C)C. The lowest BCUT2D eigenvalue weighted by atomic mass is 9.87. The zero-order valence-corrected chi connectivity index (χ0v) is 17.0. The first-order chi connectivity index (χ1) is 12.3. The lowest BCUT2D eigenvalue weighted by molar-refractivity contribution is -0.136. The van der Waals surface area contributed by atoms with Gasteiger partial charge in [0.2, 0.25) is 0 Å². The van der Waals surface area contributed by atoms with E-state index in [1.165, 1.54) is 6.92 Å². The first-order valence-corrected chi connectivity index (χ1v) is 12.0. The zero-order valence-electron chi connectivity index (χ0n) is 15.2. The van der Waals surface area contributed by atoms with Gasteiger partial charge >= 0.3 is 6.18 Å². The van der Waals surface area contributed by atoms with Crippen molar-refractivity contribution in [3.63, 3.8) is 0 Å². The van der Waals surface area contributed by atoms with Crippen molar-refractivity contribution in [2.45, 2.75) is 32.7 Å². The summed E-state index contributed by atoms with van der Waals surface area (Å²) in [5.74, 6) is 0.129. The molecule has 1 heterocycles. The van der Waals surface area contributed by atoms with Gasteiger partial charge < -0.3 is 5.32 Å². The van der Waals surface area contributed by atoms with Crippen LogP contribution in [-0.2, 0) is 11.0 Å². The molecule has 1 atom stereocenters. The first-order valence-electron chi connectivity index (χ1n) is 8.08. The maximum Gasteiger partial charge on any atom is 0.418 e. The molecule has 0 fully saturated rings. The molecule has 1 aliphatic heterocycles. The van der Waals surface area contributed by atoms with Gasteiger partial charge in [-0.05, 0) is 19.1 Å². The number of nitrogens with one attached hydrogen (secondary N) is 1. The highest BCUT2D eigenvalue weighted by Crippen LogP contribution is 2.41. The van der Waals surface area contributed by atoms with Gasteiger partial charge in [0.25, 0.3) is 0 Å². The molecule has 0 aliphatic carbocycles. The lowest BCUT2D eigenvalue weighted by Crippen LogP contribution is -2.40. The van der Waals surface area contributed by atoms with E-state index in [0.29, 0.717) is 0 Å². The van der Waals surface area contributed by atoms with Crippen LogP contribution in [0.1, 0.15) is 22.8 Å². The van der Waals surface area contributed by atoms with Crippen LogP contribution in [0.25, 0.3) is 0 Å². The molecule has 4 nitrogen and oxygen atoms in total. The third kappa shape index (κ3) is 4.99. The quantitative estimate of drug-likeness (QED) is 0.442. The van der Waals surface area contributed by atoms with E-state index in [1.54, 1.807) is 0 Å². The van der Waals surface area contributed by atoms with Crippen LogP contribution in [0, 0.1) is 17.4 Å². The lowest BCUT2D eigenvalue weighted by Gasteiger charge is -2.27. The van der Waals surface area contributed by atoms with Gasteiger partial charge in [0.15, 0.2) is 5.78 Å². The number of Topliss-reactive ketones (excluding diaryl/α,β-unsaturated/α-hetero) is 2. The van der Waals surface area contributed by atoms with Gasteiger partial charge in [0.05, 0.1) is 11.3 Å². The zero-order chi connectivity index (χ0) is 20.6. The summed E-state index contributed by atoms with van der Waals surface area (Å²) in [6.07, 6.45) is -4.73. The van der Waals surface area contributed by atoms with E-state index in [1.807, 2.05) is 19.6 Å². The minimum Gasteiger partial charge on any atom is -0.342 e. The van der Waals surface area contributed by atoms with Crippen LogP contribution in [0.5, 0.6) is 0 Å². The molecule has 1 aromatic carbocycles. The molecule has 9 heteroatoms. The van der Waals surface area contributed by atoms with Crippen molar-refractivity contribution in [1.29, 1.82) is 0 Å². The third-order valence-corrected chi connectivity index (χ3v) is 4.81. The highest BCUT2D eigenvalue weighted by atomic mass is 35.5. The number of alkyl halides is 3. The number of anilines is 1. The van der Waals surface area contributed by atoms with E-state index in [2.05, 4.69) is 21.8 Å². The normalized spacial score (nSPS) is 18.4. The molecular formula is C18H18ClF3N2O2Si. The van der Waals surface area contributed by atoms with Gasteiger partial charge in [-0.2, -0.15) is 13.2 Å². The van der Waals surface area contributed by atoms with Crippen LogP contribution in [0.2, 0.25) is 24.7 Å². The molecule has 0 saturated carbocycles. The molecule has 0 saturated heterocycles. The summed E-state index contributed by atoms with van der Waals surface area (Å²) in [4.78, 5) is 28.8. The minimum absolute atomic E-state index is 0.0199. The van der Waals surface area contributed by atoms with Gasteiger partial charge in [-0.15, -0.1) is 5.54 Å². The molecule has 0 radical (unpaired) electrons. The van der Waals surface area contributed by atoms with Crippen molar-refractivity contribution < 1.29 is 22.8 Å². The Hall–Kier alpha value is -2.11. The number of hydrogen-bond donors (Lipinski definition) is 1. The number of aliphatic imine (C=N–C) groups is 1. The Labute approximate surface area is 161 Å². The predicted molar refractivity (Wildman–Crippen MR) is 102 cm³/mol. The van der Waals surface area contributed by atoms with Crippen LogP contribution >= 0.6 is 11.6 Å². The molecule has 1 N–H and O–H groups in total. The molecule has 0 spiro atoms. The first kappa shape index (κ1) is 21.2. The number of carbonyl (C=O) groups excluding carboxylic acids is 2. The molecular weight excluding hydrogens is 397 g/mol. The van der Waals surface area contributed by atoms with Crippen molar-refractivity contribution in [3.8, 4) is 11.5 Å². The van der Waals surface area contributed by atoms with Crippen LogP contribution in [0.4, 0.5) is 18.9 Å². The number of halogens is 4. The Kier molecular flexibility index (Phi) is 5.87. The number of nitrogens with zero attached hydrogens (tertiary/aromatic N) is 1. The largest absolute Gasteiger partial charge is 0.418 e. The van der Waals surface area contributed by atoms with Crippen molar-refractivity contribution >= 4 is 42.8 Å². The highest BCUT2D eigenvalue weighted by molar-refractivity contribution is 6.83. The van der Waals surface area contributed by atoms with Gasteiger partial charge in [-0.3, -0.25) is 14.6 Å². The Morgan fingerprint density at radius 3 is 2.48 bits per heavy atom. The second kappa shape index (κ2) is 7.48. The Morgan fingerprint density at radius 2 is 1.96 bits per heavy atom. The Balaban J connectivity index is 2.55.